The van der Waals surface area contributed by atoms with Crippen LogP contribution in [0.15, 0.2) is 85.1 Å². The first-order chi connectivity index (χ1) is 15.7. The van der Waals surface area contributed by atoms with Crippen LogP contribution >= 0.6 is 0 Å². The number of carbonyl (C=O) groups is 1. The van der Waals surface area contributed by atoms with Crippen molar-refractivity contribution in [1.29, 1.82) is 0 Å². The molecular formula is C25H19N5O2. The highest BCUT2D eigenvalue weighted by atomic mass is 16.5. The van der Waals surface area contributed by atoms with Crippen molar-refractivity contribution >= 4 is 23.0 Å². The van der Waals surface area contributed by atoms with Crippen LogP contribution < -0.4 is 5.73 Å². The fraction of sp³-hybridized carbons (Fsp3) is 0.0400. The van der Waals surface area contributed by atoms with Gasteiger partial charge in [0.15, 0.2) is 11.5 Å². The largest absolute Gasteiger partial charge is 0.465 e. The number of hydrogen-bond acceptors (Lipinski definition) is 6. The number of esters is 1. The quantitative estimate of drug-likeness (QED) is 0.429. The molecule has 0 aliphatic heterocycles. The summed E-state index contributed by atoms with van der Waals surface area (Å²) in [6.07, 6.45) is 1.64. The first kappa shape index (κ1) is 19.4. The lowest BCUT2D eigenvalue weighted by Crippen LogP contribution is -2.04. The Balaban J connectivity index is 1.76. The number of anilines is 1. The van der Waals surface area contributed by atoms with E-state index in [-0.39, 0.29) is 0 Å². The number of nitrogens with two attached hydrogens (primary N) is 1. The average Bonchev–Trinajstić information content (AvgIpc) is 3.23. The molecule has 32 heavy (non-hydrogen) atoms. The second-order valence-electron chi connectivity index (χ2n) is 7.15. The summed E-state index contributed by atoms with van der Waals surface area (Å²) in [5.74, 6) is 0.598. The Morgan fingerprint density at radius 3 is 2.41 bits per heavy atom. The molecule has 7 nitrogen and oxygen atoms in total. The molecule has 0 spiro atoms. The molecule has 0 radical (unpaired) electrons. The molecular weight excluding hydrogens is 402 g/mol. The van der Waals surface area contributed by atoms with Crippen molar-refractivity contribution in [2.75, 3.05) is 12.8 Å². The van der Waals surface area contributed by atoms with Gasteiger partial charge in [0.25, 0.3) is 0 Å². The van der Waals surface area contributed by atoms with E-state index in [1.807, 2.05) is 71.3 Å². The number of nitrogen functional groups attached to an aromatic ring is 1. The minimum Gasteiger partial charge on any atom is -0.465 e. The Kier molecular flexibility index (Phi) is 4.84. The zero-order valence-corrected chi connectivity index (χ0v) is 17.3. The third-order valence-electron chi connectivity index (χ3n) is 5.20. The second kappa shape index (κ2) is 7.96. The van der Waals surface area contributed by atoms with Crippen molar-refractivity contribution in [1.82, 2.24) is 19.5 Å². The van der Waals surface area contributed by atoms with Gasteiger partial charge in [-0.15, -0.1) is 0 Å². The molecule has 5 aromatic rings. The van der Waals surface area contributed by atoms with E-state index in [9.17, 15) is 4.79 Å². The van der Waals surface area contributed by atoms with E-state index in [0.717, 1.165) is 22.5 Å². The highest BCUT2D eigenvalue weighted by molar-refractivity contribution is 5.90. The second-order valence-corrected chi connectivity index (χ2v) is 7.15. The molecule has 2 aromatic carbocycles. The Morgan fingerprint density at radius 2 is 1.69 bits per heavy atom. The molecule has 3 aromatic heterocycles. The molecule has 5 rings (SSSR count). The highest BCUT2D eigenvalue weighted by Gasteiger charge is 2.19. The van der Waals surface area contributed by atoms with E-state index in [1.54, 1.807) is 18.3 Å². The normalized spacial score (nSPS) is 10.9. The summed E-state index contributed by atoms with van der Waals surface area (Å²) in [6, 6.07) is 24.6. The van der Waals surface area contributed by atoms with E-state index in [2.05, 4.69) is 4.98 Å². The van der Waals surface area contributed by atoms with Crippen LogP contribution in [0.5, 0.6) is 0 Å². The van der Waals surface area contributed by atoms with Gasteiger partial charge in [-0.05, 0) is 48.5 Å². The van der Waals surface area contributed by atoms with E-state index < -0.39 is 5.97 Å². The number of hydrogen-bond donors (Lipinski definition) is 1. The maximum absolute atomic E-state index is 11.9. The Morgan fingerprint density at radius 1 is 0.906 bits per heavy atom. The van der Waals surface area contributed by atoms with Crippen molar-refractivity contribution in [3.63, 3.8) is 0 Å². The first-order valence-electron chi connectivity index (χ1n) is 10.0. The van der Waals surface area contributed by atoms with Crippen molar-refractivity contribution in [3.8, 4) is 28.3 Å². The SMILES string of the molecule is COC(=O)c1ccc(-n2c(-c3cccnc3N)nc3ccc(-c4ccccc4)nc32)cc1. The Hall–Kier alpha value is -4.52. The van der Waals surface area contributed by atoms with Gasteiger partial charge in [0.05, 0.1) is 23.9 Å². The summed E-state index contributed by atoms with van der Waals surface area (Å²) in [5.41, 5.74) is 11.4. The van der Waals surface area contributed by atoms with Crippen LogP contribution in [0.25, 0.3) is 39.5 Å². The summed E-state index contributed by atoms with van der Waals surface area (Å²) >= 11 is 0. The number of ether oxygens (including phenoxy) is 1. The van der Waals surface area contributed by atoms with E-state index >= 15 is 0 Å². The summed E-state index contributed by atoms with van der Waals surface area (Å²) in [4.78, 5) is 25.8. The molecule has 0 amide bonds. The van der Waals surface area contributed by atoms with Gasteiger partial charge in [0.1, 0.15) is 11.3 Å². The predicted octanol–water partition coefficient (Wildman–Crippen LogP) is 4.52. The smallest absolute Gasteiger partial charge is 0.337 e. The number of carbonyl (C=O) groups excluding carboxylic acids is 1. The third kappa shape index (κ3) is 3.35. The lowest BCUT2D eigenvalue weighted by Gasteiger charge is -2.11. The van der Waals surface area contributed by atoms with Crippen LogP contribution in [0.3, 0.4) is 0 Å². The Bertz CT molecular complexity index is 1430. The summed E-state index contributed by atoms with van der Waals surface area (Å²) in [5, 5.41) is 0. The molecule has 0 saturated heterocycles. The van der Waals surface area contributed by atoms with Gasteiger partial charge in [-0.1, -0.05) is 30.3 Å². The number of nitrogens with zero attached hydrogens (tertiary/aromatic N) is 4. The monoisotopic (exact) mass is 421 g/mol. The fourth-order valence-corrected chi connectivity index (χ4v) is 3.62. The van der Waals surface area contributed by atoms with E-state index in [0.29, 0.717) is 28.4 Å². The lowest BCUT2D eigenvalue weighted by molar-refractivity contribution is 0.0600. The van der Waals surface area contributed by atoms with Crippen molar-refractivity contribution in [3.05, 3.63) is 90.6 Å². The van der Waals surface area contributed by atoms with Gasteiger partial charge >= 0.3 is 5.97 Å². The van der Waals surface area contributed by atoms with Crippen molar-refractivity contribution < 1.29 is 9.53 Å². The van der Waals surface area contributed by atoms with Crippen molar-refractivity contribution in [2.45, 2.75) is 0 Å². The van der Waals surface area contributed by atoms with Gasteiger partial charge < -0.3 is 10.5 Å². The van der Waals surface area contributed by atoms with Gasteiger partial charge in [0.2, 0.25) is 0 Å². The predicted molar refractivity (Wildman–Crippen MR) is 123 cm³/mol. The molecule has 0 bridgehead atoms. The zero-order valence-electron chi connectivity index (χ0n) is 17.3. The minimum atomic E-state index is -0.395. The number of methoxy groups -OCH3 is 1. The molecule has 0 unspecified atom stereocenters. The zero-order chi connectivity index (χ0) is 22.1. The van der Waals surface area contributed by atoms with Crippen LogP contribution in [0.1, 0.15) is 10.4 Å². The van der Waals surface area contributed by atoms with E-state index in [1.165, 1.54) is 7.11 Å². The van der Waals surface area contributed by atoms with Gasteiger partial charge in [-0.25, -0.2) is 19.7 Å². The number of aromatic nitrogens is 4. The molecule has 0 atom stereocenters. The Labute approximate surface area is 184 Å². The molecule has 0 aliphatic carbocycles. The topological polar surface area (TPSA) is 95.9 Å². The molecule has 3 heterocycles. The van der Waals surface area contributed by atoms with Crippen LogP contribution in [-0.4, -0.2) is 32.6 Å². The number of rotatable bonds is 4. The number of fused-ring (bicyclic) bond motifs is 1. The fourth-order valence-electron chi connectivity index (χ4n) is 3.62. The molecule has 0 aliphatic rings. The number of benzene rings is 2. The van der Waals surface area contributed by atoms with Gasteiger partial charge in [-0.3, -0.25) is 4.57 Å². The standard InChI is InChI=1S/C25H19N5O2/c1-32-25(31)17-9-11-18(12-10-17)30-23(19-8-5-15-27-22(19)26)29-21-14-13-20(28-24(21)30)16-6-3-2-4-7-16/h2-15H,1H3,(H2,26,27). The third-order valence-corrected chi connectivity index (χ3v) is 5.20. The maximum atomic E-state index is 11.9. The molecule has 2 N–H and O–H groups in total. The van der Waals surface area contributed by atoms with Crippen LogP contribution in [0, 0.1) is 0 Å². The molecule has 156 valence electrons. The summed E-state index contributed by atoms with van der Waals surface area (Å²) < 4.78 is 6.74. The van der Waals surface area contributed by atoms with Crippen molar-refractivity contribution in [2.24, 2.45) is 0 Å². The van der Waals surface area contributed by atoms with Crippen LogP contribution in [0.2, 0.25) is 0 Å². The summed E-state index contributed by atoms with van der Waals surface area (Å²) in [6.45, 7) is 0. The number of imidazole rings is 1. The first-order valence-corrected chi connectivity index (χ1v) is 10.0. The van der Waals surface area contributed by atoms with Gasteiger partial charge in [0, 0.05) is 17.4 Å². The minimum absolute atomic E-state index is 0.374. The molecule has 7 heteroatoms. The van der Waals surface area contributed by atoms with E-state index in [4.69, 9.17) is 20.4 Å². The van der Waals surface area contributed by atoms with Crippen LogP contribution in [-0.2, 0) is 4.74 Å². The summed E-state index contributed by atoms with van der Waals surface area (Å²) in [7, 11) is 1.36. The van der Waals surface area contributed by atoms with Gasteiger partial charge in [-0.2, -0.15) is 0 Å². The molecule has 0 saturated carbocycles. The molecule has 0 fully saturated rings. The lowest BCUT2D eigenvalue weighted by atomic mass is 10.1. The maximum Gasteiger partial charge on any atom is 0.337 e. The highest BCUT2D eigenvalue weighted by Crippen LogP contribution is 2.31. The average molecular weight is 421 g/mol. The van der Waals surface area contributed by atoms with Crippen LogP contribution in [0.4, 0.5) is 5.82 Å². The number of pyridine rings is 2.